The Hall–Kier alpha value is -2.89. The van der Waals surface area contributed by atoms with Gasteiger partial charge < -0.3 is 10.4 Å². The first-order valence-electron chi connectivity index (χ1n) is 6.17. The van der Waals surface area contributed by atoms with Crippen LogP contribution in [-0.2, 0) is 11.2 Å². The Morgan fingerprint density at radius 2 is 2.20 bits per heavy atom. The normalized spacial score (nSPS) is 15.3. The summed E-state index contributed by atoms with van der Waals surface area (Å²) in [7, 11) is 0. The summed E-state index contributed by atoms with van der Waals surface area (Å²) >= 11 is 0. The summed E-state index contributed by atoms with van der Waals surface area (Å²) in [5.41, 5.74) is 2.92. The van der Waals surface area contributed by atoms with Crippen LogP contribution in [0.25, 0.3) is 0 Å². The standard InChI is InChI=1S/C14H10N4O2/c19-14(20)9-5-8-6-15-7-16-12(8)18-11-4-2-1-3-10(11)17-13(9)18/h1-4,6-7,17H,5H2,(H,19,20). The minimum atomic E-state index is -0.931. The topological polar surface area (TPSA) is 78.4 Å². The number of carboxylic acid groups (broad SMARTS) is 1. The molecule has 0 aliphatic carbocycles. The minimum absolute atomic E-state index is 0.318. The number of hydrogen-bond donors (Lipinski definition) is 2. The van der Waals surface area contributed by atoms with E-state index in [2.05, 4.69) is 15.3 Å². The molecule has 6 heteroatoms. The van der Waals surface area contributed by atoms with Crippen LogP contribution >= 0.6 is 0 Å². The van der Waals surface area contributed by atoms with Gasteiger partial charge in [-0.2, -0.15) is 0 Å². The van der Waals surface area contributed by atoms with Gasteiger partial charge in [-0.15, -0.1) is 0 Å². The van der Waals surface area contributed by atoms with Crippen LogP contribution in [-0.4, -0.2) is 21.0 Å². The molecule has 2 aliphatic rings. The average Bonchev–Trinajstić information content (AvgIpc) is 2.85. The van der Waals surface area contributed by atoms with Gasteiger partial charge in [-0.3, -0.25) is 4.90 Å². The van der Waals surface area contributed by atoms with E-state index in [1.54, 1.807) is 6.20 Å². The van der Waals surface area contributed by atoms with Crippen LogP contribution in [0.2, 0.25) is 0 Å². The van der Waals surface area contributed by atoms with Gasteiger partial charge in [0.15, 0.2) is 0 Å². The maximum Gasteiger partial charge on any atom is 0.335 e. The van der Waals surface area contributed by atoms with Crippen molar-refractivity contribution in [2.24, 2.45) is 0 Å². The number of fused-ring (bicyclic) bond motifs is 5. The van der Waals surface area contributed by atoms with Gasteiger partial charge in [-0.25, -0.2) is 14.8 Å². The molecule has 0 amide bonds. The van der Waals surface area contributed by atoms with E-state index in [0.717, 1.165) is 22.8 Å². The third-order valence-electron chi connectivity index (χ3n) is 3.51. The van der Waals surface area contributed by atoms with Crippen molar-refractivity contribution >= 4 is 23.2 Å². The number of hydrogen-bond acceptors (Lipinski definition) is 5. The van der Waals surface area contributed by atoms with Crippen molar-refractivity contribution < 1.29 is 9.90 Å². The molecular weight excluding hydrogens is 256 g/mol. The minimum Gasteiger partial charge on any atom is -0.478 e. The number of benzene rings is 1. The van der Waals surface area contributed by atoms with Crippen LogP contribution in [0.5, 0.6) is 0 Å². The van der Waals surface area contributed by atoms with Gasteiger partial charge in [-0.05, 0) is 12.1 Å². The van der Waals surface area contributed by atoms with Gasteiger partial charge in [-0.1, -0.05) is 12.1 Å². The summed E-state index contributed by atoms with van der Waals surface area (Å²) < 4.78 is 0. The third-order valence-corrected chi connectivity index (χ3v) is 3.51. The summed E-state index contributed by atoms with van der Waals surface area (Å²) in [6.07, 6.45) is 3.46. The molecule has 6 nitrogen and oxygen atoms in total. The first-order chi connectivity index (χ1) is 9.75. The summed E-state index contributed by atoms with van der Waals surface area (Å²) in [6, 6.07) is 7.68. The van der Waals surface area contributed by atoms with Crippen molar-refractivity contribution in [2.45, 2.75) is 6.42 Å². The second-order valence-electron chi connectivity index (χ2n) is 4.66. The lowest BCUT2D eigenvalue weighted by Crippen LogP contribution is -2.27. The number of anilines is 3. The van der Waals surface area contributed by atoms with Crippen molar-refractivity contribution in [3.63, 3.8) is 0 Å². The van der Waals surface area contributed by atoms with E-state index in [0.29, 0.717) is 17.8 Å². The summed E-state index contributed by atoms with van der Waals surface area (Å²) in [4.78, 5) is 21.6. The molecule has 0 bridgehead atoms. The van der Waals surface area contributed by atoms with E-state index >= 15 is 0 Å². The summed E-state index contributed by atoms with van der Waals surface area (Å²) in [6.45, 7) is 0. The Morgan fingerprint density at radius 1 is 1.35 bits per heavy atom. The Morgan fingerprint density at radius 3 is 3.05 bits per heavy atom. The van der Waals surface area contributed by atoms with E-state index in [1.165, 1.54) is 6.33 Å². The van der Waals surface area contributed by atoms with Crippen LogP contribution in [0.1, 0.15) is 5.56 Å². The molecule has 2 N–H and O–H groups in total. The lowest BCUT2D eigenvalue weighted by molar-refractivity contribution is -0.132. The van der Waals surface area contributed by atoms with Crippen LogP contribution in [0.4, 0.5) is 17.2 Å². The summed E-state index contributed by atoms with van der Waals surface area (Å²) in [5, 5.41) is 12.6. The van der Waals surface area contributed by atoms with Gasteiger partial charge in [0.05, 0.1) is 16.9 Å². The fourth-order valence-corrected chi connectivity index (χ4v) is 2.64. The van der Waals surface area contributed by atoms with Gasteiger partial charge >= 0.3 is 5.97 Å². The molecule has 1 aromatic heterocycles. The number of rotatable bonds is 1. The van der Waals surface area contributed by atoms with Gasteiger partial charge in [0.25, 0.3) is 0 Å². The number of nitrogens with zero attached hydrogens (tertiary/aromatic N) is 3. The third kappa shape index (κ3) is 1.36. The molecule has 4 rings (SSSR count). The highest BCUT2D eigenvalue weighted by Crippen LogP contribution is 2.45. The van der Waals surface area contributed by atoms with Gasteiger partial charge in [0.2, 0.25) is 0 Å². The first-order valence-corrected chi connectivity index (χ1v) is 6.17. The molecule has 0 unspecified atom stereocenters. The van der Waals surface area contributed by atoms with Gasteiger partial charge in [0, 0.05) is 18.2 Å². The van der Waals surface area contributed by atoms with E-state index in [4.69, 9.17) is 0 Å². The Kier molecular flexibility index (Phi) is 2.09. The van der Waals surface area contributed by atoms with Crippen molar-refractivity contribution in [1.29, 1.82) is 0 Å². The molecule has 1 aromatic carbocycles. The highest BCUT2D eigenvalue weighted by molar-refractivity contribution is 5.97. The van der Waals surface area contributed by atoms with Crippen LogP contribution in [0.15, 0.2) is 48.2 Å². The molecule has 98 valence electrons. The molecule has 0 saturated heterocycles. The van der Waals surface area contributed by atoms with Crippen molar-refractivity contribution in [3.05, 3.63) is 53.7 Å². The van der Waals surface area contributed by atoms with Crippen molar-refractivity contribution in [1.82, 2.24) is 9.97 Å². The van der Waals surface area contributed by atoms with Crippen LogP contribution in [0, 0.1) is 0 Å². The molecule has 0 saturated carbocycles. The van der Waals surface area contributed by atoms with Crippen molar-refractivity contribution in [3.8, 4) is 0 Å². The predicted octanol–water partition coefficient (Wildman–Crippen LogP) is 1.89. The fourth-order valence-electron chi connectivity index (χ4n) is 2.64. The zero-order valence-corrected chi connectivity index (χ0v) is 10.4. The number of nitrogens with one attached hydrogen (secondary N) is 1. The van der Waals surface area contributed by atoms with E-state index in [1.807, 2.05) is 29.2 Å². The Balaban J connectivity index is 2.00. The summed E-state index contributed by atoms with van der Waals surface area (Å²) in [5.74, 6) is 0.377. The maximum absolute atomic E-state index is 11.5. The largest absolute Gasteiger partial charge is 0.478 e. The molecule has 2 aliphatic heterocycles. The highest BCUT2D eigenvalue weighted by Gasteiger charge is 2.36. The monoisotopic (exact) mass is 266 g/mol. The molecule has 0 spiro atoms. The Bertz CT molecular complexity index is 769. The van der Waals surface area contributed by atoms with Crippen LogP contribution < -0.4 is 10.2 Å². The van der Waals surface area contributed by atoms with Crippen molar-refractivity contribution in [2.75, 3.05) is 10.2 Å². The zero-order chi connectivity index (χ0) is 13.7. The second kappa shape index (κ2) is 3.80. The predicted molar refractivity (Wildman–Crippen MR) is 72.6 cm³/mol. The Labute approximate surface area is 114 Å². The SMILES string of the molecule is O=C(O)C1=C2Nc3ccccc3N2c2ncncc2C1. The van der Waals surface area contributed by atoms with E-state index in [9.17, 15) is 9.90 Å². The van der Waals surface area contributed by atoms with Gasteiger partial charge in [0.1, 0.15) is 18.0 Å². The molecule has 0 atom stereocenters. The molecule has 0 fully saturated rings. The number of carboxylic acids is 1. The number of aliphatic carboxylic acids is 1. The molecule has 20 heavy (non-hydrogen) atoms. The van der Waals surface area contributed by atoms with E-state index in [-0.39, 0.29) is 0 Å². The molecule has 3 heterocycles. The first kappa shape index (κ1) is 11.0. The lowest BCUT2D eigenvalue weighted by Gasteiger charge is -2.27. The van der Waals surface area contributed by atoms with E-state index < -0.39 is 5.97 Å². The van der Waals surface area contributed by atoms with Crippen LogP contribution in [0.3, 0.4) is 0 Å². The number of para-hydroxylation sites is 2. The zero-order valence-electron chi connectivity index (χ0n) is 10.4. The maximum atomic E-state index is 11.5. The second-order valence-corrected chi connectivity index (χ2v) is 4.66. The highest BCUT2D eigenvalue weighted by atomic mass is 16.4. The fraction of sp³-hybridized carbons (Fsp3) is 0.0714. The quantitative estimate of drug-likeness (QED) is 0.820. The molecule has 0 radical (unpaired) electrons. The smallest absolute Gasteiger partial charge is 0.335 e. The molecule has 2 aromatic rings. The molecular formula is C14H10N4O2. The average molecular weight is 266 g/mol. The lowest BCUT2D eigenvalue weighted by atomic mass is 10.0. The number of carbonyl (C=O) groups is 1. The number of aromatic nitrogens is 2.